The van der Waals surface area contributed by atoms with Crippen molar-refractivity contribution in [1.29, 1.82) is 0 Å². The number of ether oxygens (including phenoxy) is 1. The Morgan fingerprint density at radius 2 is 2.40 bits per heavy atom. The van der Waals surface area contributed by atoms with E-state index in [9.17, 15) is 5.11 Å². The van der Waals surface area contributed by atoms with Gasteiger partial charge in [0.1, 0.15) is 0 Å². The van der Waals surface area contributed by atoms with Crippen molar-refractivity contribution < 1.29 is 9.84 Å². The summed E-state index contributed by atoms with van der Waals surface area (Å²) in [4.78, 5) is 4.04. The van der Waals surface area contributed by atoms with Gasteiger partial charge in [-0.15, -0.1) is 0 Å². The van der Waals surface area contributed by atoms with E-state index in [1.165, 1.54) is 0 Å². The normalized spacial score (nSPS) is 29.9. The van der Waals surface area contributed by atoms with Gasteiger partial charge in [0.25, 0.3) is 0 Å². The summed E-state index contributed by atoms with van der Waals surface area (Å²) in [7, 11) is 0. The van der Waals surface area contributed by atoms with Crippen molar-refractivity contribution in [2.24, 2.45) is 0 Å². The van der Waals surface area contributed by atoms with Gasteiger partial charge in [-0.3, -0.25) is 4.98 Å². The predicted octanol–water partition coefficient (Wildman–Crippen LogP) is 1.55. The van der Waals surface area contributed by atoms with Gasteiger partial charge in [-0.1, -0.05) is 6.07 Å². The SMILES string of the molecule is CCOC1CC(O)(Cc2cccnc2)C1. The zero-order valence-electron chi connectivity index (χ0n) is 9.02. The summed E-state index contributed by atoms with van der Waals surface area (Å²) in [5.74, 6) is 0. The van der Waals surface area contributed by atoms with E-state index in [0.29, 0.717) is 6.42 Å². The minimum Gasteiger partial charge on any atom is -0.389 e. The van der Waals surface area contributed by atoms with E-state index in [-0.39, 0.29) is 6.10 Å². The third-order valence-corrected chi connectivity index (χ3v) is 2.87. The molecular formula is C12H17NO2. The Morgan fingerprint density at radius 1 is 1.60 bits per heavy atom. The highest BCUT2D eigenvalue weighted by Gasteiger charge is 2.43. The lowest BCUT2D eigenvalue weighted by Crippen LogP contribution is -2.49. The highest BCUT2D eigenvalue weighted by molar-refractivity contribution is 5.14. The number of pyridine rings is 1. The van der Waals surface area contributed by atoms with Gasteiger partial charge in [0.2, 0.25) is 0 Å². The van der Waals surface area contributed by atoms with Crippen LogP contribution in [0.1, 0.15) is 25.3 Å². The minimum atomic E-state index is -0.567. The van der Waals surface area contributed by atoms with Crippen LogP contribution in [0.15, 0.2) is 24.5 Å². The molecule has 3 nitrogen and oxygen atoms in total. The van der Waals surface area contributed by atoms with Crippen LogP contribution in [0.5, 0.6) is 0 Å². The van der Waals surface area contributed by atoms with Gasteiger partial charge in [-0.05, 0) is 18.6 Å². The maximum Gasteiger partial charge on any atom is 0.0737 e. The van der Waals surface area contributed by atoms with Gasteiger partial charge < -0.3 is 9.84 Å². The molecule has 1 aromatic heterocycles. The van der Waals surface area contributed by atoms with Crippen LogP contribution in [0.25, 0.3) is 0 Å². The number of aliphatic hydroxyl groups is 1. The first-order chi connectivity index (χ1) is 7.22. The van der Waals surface area contributed by atoms with E-state index in [0.717, 1.165) is 25.0 Å². The van der Waals surface area contributed by atoms with E-state index in [2.05, 4.69) is 4.98 Å². The molecule has 0 aliphatic heterocycles. The number of hydrogen-bond acceptors (Lipinski definition) is 3. The summed E-state index contributed by atoms with van der Waals surface area (Å²) in [5, 5.41) is 10.2. The highest BCUT2D eigenvalue weighted by Crippen LogP contribution is 2.36. The van der Waals surface area contributed by atoms with Crippen LogP contribution in [0, 0.1) is 0 Å². The Kier molecular flexibility index (Phi) is 3.03. The van der Waals surface area contributed by atoms with Crippen LogP contribution in [0.4, 0.5) is 0 Å². The molecule has 1 saturated carbocycles. The quantitative estimate of drug-likeness (QED) is 0.814. The van der Waals surface area contributed by atoms with E-state index < -0.39 is 5.60 Å². The summed E-state index contributed by atoms with van der Waals surface area (Å²) in [5.41, 5.74) is 0.526. The predicted molar refractivity (Wildman–Crippen MR) is 57.5 cm³/mol. The van der Waals surface area contributed by atoms with Crippen LogP contribution in [0.3, 0.4) is 0 Å². The number of rotatable bonds is 4. The van der Waals surface area contributed by atoms with E-state index in [1.807, 2.05) is 25.3 Å². The lowest BCUT2D eigenvalue weighted by atomic mass is 9.74. The molecule has 1 fully saturated rings. The fraction of sp³-hybridized carbons (Fsp3) is 0.583. The summed E-state index contributed by atoms with van der Waals surface area (Å²) in [6, 6.07) is 3.90. The molecule has 0 bridgehead atoms. The van der Waals surface area contributed by atoms with Gasteiger partial charge in [0.15, 0.2) is 0 Å². The third-order valence-electron chi connectivity index (χ3n) is 2.87. The maximum atomic E-state index is 10.2. The Balaban J connectivity index is 1.86. The second kappa shape index (κ2) is 4.29. The minimum absolute atomic E-state index is 0.247. The first kappa shape index (κ1) is 10.6. The van der Waals surface area contributed by atoms with E-state index in [1.54, 1.807) is 6.20 Å². The third kappa shape index (κ3) is 2.55. The Morgan fingerprint density at radius 3 is 3.00 bits per heavy atom. The van der Waals surface area contributed by atoms with Crippen LogP contribution >= 0.6 is 0 Å². The van der Waals surface area contributed by atoms with Gasteiger partial charge >= 0.3 is 0 Å². The summed E-state index contributed by atoms with van der Waals surface area (Å²) in [6.45, 7) is 2.71. The van der Waals surface area contributed by atoms with Gasteiger partial charge in [0.05, 0.1) is 11.7 Å². The smallest absolute Gasteiger partial charge is 0.0737 e. The second-order valence-corrected chi connectivity index (χ2v) is 4.25. The molecule has 0 unspecified atom stereocenters. The summed E-state index contributed by atoms with van der Waals surface area (Å²) < 4.78 is 5.44. The van der Waals surface area contributed by atoms with Crippen molar-refractivity contribution in [1.82, 2.24) is 4.98 Å². The molecule has 0 atom stereocenters. The lowest BCUT2D eigenvalue weighted by Gasteiger charge is -2.43. The molecule has 15 heavy (non-hydrogen) atoms. The monoisotopic (exact) mass is 207 g/mol. The van der Waals surface area contributed by atoms with Crippen molar-refractivity contribution in [2.45, 2.75) is 37.9 Å². The average Bonchev–Trinajstić information content (AvgIpc) is 2.17. The lowest BCUT2D eigenvalue weighted by molar-refractivity contribution is -0.136. The van der Waals surface area contributed by atoms with Crippen molar-refractivity contribution in [3.05, 3.63) is 30.1 Å². The van der Waals surface area contributed by atoms with Crippen molar-refractivity contribution >= 4 is 0 Å². The zero-order valence-corrected chi connectivity index (χ0v) is 9.02. The van der Waals surface area contributed by atoms with Gasteiger partial charge in [-0.25, -0.2) is 0 Å². The van der Waals surface area contributed by atoms with Crippen LogP contribution in [-0.2, 0) is 11.2 Å². The molecule has 1 aliphatic rings. The number of aromatic nitrogens is 1. The molecule has 0 saturated heterocycles. The van der Waals surface area contributed by atoms with Crippen LogP contribution in [0.2, 0.25) is 0 Å². The Bertz CT molecular complexity index is 307. The highest BCUT2D eigenvalue weighted by atomic mass is 16.5. The van der Waals surface area contributed by atoms with Crippen molar-refractivity contribution in [2.75, 3.05) is 6.61 Å². The molecule has 1 aromatic rings. The molecule has 2 rings (SSSR count). The molecule has 82 valence electrons. The van der Waals surface area contributed by atoms with Crippen molar-refractivity contribution in [3.63, 3.8) is 0 Å². The molecular weight excluding hydrogens is 190 g/mol. The first-order valence-corrected chi connectivity index (χ1v) is 5.45. The number of nitrogens with zero attached hydrogens (tertiary/aromatic N) is 1. The fourth-order valence-electron chi connectivity index (χ4n) is 2.17. The summed E-state index contributed by atoms with van der Waals surface area (Å²) in [6.07, 6.45) is 5.98. The van der Waals surface area contributed by atoms with Crippen LogP contribution < -0.4 is 0 Å². The molecule has 1 aliphatic carbocycles. The van der Waals surface area contributed by atoms with Crippen LogP contribution in [-0.4, -0.2) is 28.4 Å². The maximum absolute atomic E-state index is 10.2. The molecule has 3 heteroatoms. The van der Waals surface area contributed by atoms with E-state index in [4.69, 9.17) is 4.74 Å². The Labute approximate surface area is 90.1 Å². The second-order valence-electron chi connectivity index (χ2n) is 4.25. The first-order valence-electron chi connectivity index (χ1n) is 5.45. The Hall–Kier alpha value is -0.930. The number of hydrogen-bond donors (Lipinski definition) is 1. The topological polar surface area (TPSA) is 42.4 Å². The molecule has 0 radical (unpaired) electrons. The largest absolute Gasteiger partial charge is 0.389 e. The van der Waals surface area contributed by atoms with Crippen molar-refractivity contribution in [3.8, 4) is 0 Å². The van der Waals surface area contributed by atoms with Gasteiger partial charge in [-0.2, -0.15) is 0 Å². The molecule has 0 aromatic carbocycles. The van der Waals surface area contributed by atoms with Gasteiger partial charge in [0, 0.05) is 38.3 Å². The molecule has 0 spiro atoms. The molecule has 1 N–H and O–H groups in total. The zero-order chi connectivity index (χ0) is 10.7. The molecule has 0 amide bonds. The fourth-order valence-corrected chi connectivity index (χ4v) is 2.17. The standard InChI is InChI=1S/C12H17NO2/c1-2-15-11-7-12(14,8-11)6-10-4-3-5-13-9-10/h3-5,9,11,14H,2,6-8H2,1H3. The average molecular weight is 207 g/mol. The summed E-state index contributed by atoms with van der Waals surface area (Å²) >= 11 is 0. The van der Waals surface area contributed by atoms with E-state index >= 15 is 0 Å². The molecule has 1 heterocycles.